The summed E-state index contributed by atoms with van der Waals surface area (Å²) in [6.45, 7) is 6.66. The van der Waals surface area contributed by atoms with Gasteiger partial charge in [0.15, 0.2) is 0 Å². The Morgan fingerprint density at radius 3 is 2.56 bits per heavy atom. The highest BCUT2D eigenvalue weighted by molar-refractivity contribution is 5.17. The lowest BCUT2D eigenvalue weighted by Crippen LogP contribution is -2.35. The van der Waals surface area contributed by atoms with Gasteiger partial charge in [0, 0.05) is 0 Å². The van der Waals surface area contributed by atoms with Gasteiger partial charge in [0.2, 0.25) is 0 Å². The number of hydrogen-bond donors (Lipinski definition) is 1. The number of hydrogen-bond acceptors (Lipinski definition) is 1. The normalized spacial score (nSPS) is 43.8. The van der Waals surface area contributed by atoms with Crippen molar-refractivity contribution in [3.8, 4) is 0 Å². The molecule has 0 aromatic heterocycles. The van der Waals surface area contributed by atoms with E-state index in [-0.39, 0.29) is 6.10 Å². The van der Waals surface area contributed by atoms with Crippen molar-refractivity contribution in [3.05, 3.63) is 12.2 Å². The van der Waals surface area contributed by atoms with Crippen LogP contribution in [-0.4, -0.2) is 11.2 Å². The van der Waals surface area contributed by atoms with Gasteiger partial charge in [0.05, 0.1) is 6.10 Å². The molecular formula is C17H28O. The predicted octanol–water partition coefficient (Wildman–Crippen LogP) is 4.31. The quantitative estimate of drug-likeness (QED) is 0.686. The van der Waals surface area contributed by atoms with Gasteiger partial charge >= 0.3 is 0 Å². The Kier molecular flexibility index (Phi) is 3.30. The van der Waals surface area contributed by atoms with Crippen molar-refractivity contribution in [1.82, 2.24) is 0 Å². The molecule has 0 radical (unpaired) electrons. The van der Waals surface area contributed by atoms with Crippen molar-refractivity contribution in [2.45, 2.75) is 70.8 Å². The highest BCUT2D eigenvalue weighted by atomic mass is 16.3. The smallest absolute Gasteiger partial charge is 0.0753 e. The lowest BCUT2D eigenvalue weighted by Gasteiger charge is -2.45. The molecule has 0 amide bonds. The summed E-state index contributed by atoms with van der Waals surface area (Å²) in [5, 5.41) is 9.99. The second-order valence-corrected chi connectivity index (χ2v) is 7.42. The van der Waals surface area contributed by atoms with Crippen LogP contribution >= 0.6 is 0 Å². The third kappa shape index (κ3) is 2.05. The first-order chi connectivity index (χ1) is 8.60. The summed E-state index contributed by atoms with van der Waals surface area (Å²) in [7, 11) is 0. The van der Waals surface area contributed by atoms with Crippen LogP contribution in [0.4, 0.5) is 0 Å². The van der Waals surface area contributed by atoms with E-state index in [1.165, 1.54) is 51.4 Å². The summed E-state index contributed by atoms with van der Waals surface area (Å²) in [6.07, 6.45) is 12.0. The van der Waals surface area contributed by atoms with Crippen LogP contribution in [0.15, 0.2) is 12.2 Å². The van der Waals surface area contributed by atoms with Crippen molar-refractivity contribution in [2.75, 3.05) is 0 Å². The van der Waals surface area contributed by atoms with E-state index >= 15 is 0 Å². The molecule has 0 aromatic rings. The van der Waals surface area contributed by atoms with Crippen molar-refractivity contribution >= 4 is 0 Å². The van der Waals surface area contributed by atoms with Crippen LogP contribution in [0.25, 0.3) is 0 Å². The maximum atomic E-state index is 9.99. The van der Waals surface area contributed by atoms with Crippen LogP contribution in [0.5, 0.6) is 0 Å². The fourth-order valence-electron chi connectivity index (χ4n) is 5.10. The van der Waals surface area contributed by atoms with E-state index in [4.69, 9.17) is 0 Å². The highest BCUT2D eigenvalue weighted by Gasteiger charge is 2.45. The molecule has 0 aromatic carbocycles. The van der Waals surface area contributed by atoms with Gasteiger partial charge in [-0.15, -0.1) is 0 Å². The molecule has 102 valence electrons. The zero-order valence-electron chi connectivity index (χ0n) is 11.8. The largest absolute Gasteiger partial charge is 0.389 e. The fraction of sp³-hybridized carbons (Fsp3) is 0.882. The molecule has 0 saturated heterocycles. The minimum absolute atomic E-state index is 0.196. The van der Waals surface area contributed by atoms with E-state index in [0.29, 0.717) is 11.3 Å². The highest BCUT2D eigenvalue weighted by Crippen LogP contribution is 2.54. The van der Waals surface area contributed by atoms with Gasteiger partial charge in [-0.2, -0.15) is 0 Å². The van der Waals surface area contributed by atoms with Crippen LogP contribution in [-0.2, 0) is 0 Å². The summed E-state index contributed by atoms with van der Waals surface area (Å²) in [6, 6.07) is 0. The maximum absolute atomic E-state index is 9.99. The molecule has 1 nitrogen and oxygen atoms in total. The number of aliphatic hydroxyl groups excluding tert-OH is 1. The van der Waals surface area contributed by atoms with Gasteiger partial charge in [0.25, 0.3) is 0 Å². The molecule has 0 aliphatic heterocycles. The minimum Gasteiger partial charge on any atom is -0.389 e. The third-order valence-electron chi connectivity index (χ3n) is 6.39. The molecule has 3 aliphatic carbocycles. The first-order valence-corrected chi connectivity index (χ1v) is 7.97. The van der Waals surface area contributed by atoms with Gasteiger partial charge < -0.3 is 5.11 Å². The van der Waals surface area contributed by atoms with E-state index in [1.54, 1.807) is 0 Å². The number of aliphatic hydroxyl groups is 1. The monoisotopic (exact) mass is 248 g/mol. The Morgan fingerprint density at radius 1 is 1.11 bits per heavy atom. The summed E-state index contributed by atoms with van der Waals surface area (Å²) in [4.78, 5) is 0. The average Bonchev–Trinajstić information content (AvgIpc) is 2.66. The van der Waals surface area contributed by atoms with Gasteiger partial charge in [-0.3, -0.25) is 0 Å². The van der Waals surface area contributed by atoms with Crippen LogP contribution < -0.4 is 0 Å². The van der Waals surface area contributed by atoms with Crippen molar-refractivity contribution in [3.63, 3.8) is 0 Å². The molecule has 0 heterocycles. The summed E-state index contributed by atoms with van der Waals surface area (Å²) in [5.41, 5.74) is 1.75. The molecular weight excluding hydrogens is 220 g/mol. The van der Waals surface area contributed by atoms with Crippen LogP contribution in [0.2, 0.25) is 0 Å². The summed E-state index contributed by atoms with van der Waals surface area (Å²) < 4.78 is 0. The number of fused-ring (bicyclic) bond motifs is 1. The van der Waals surface area contributed by atoms with E-state index in [1.807, 2.05) is 0 Å². The Hall–Kier alpha value is -0.300. The molecule has 3 aliphatic rings. The van der Waals surface area contributed by atoms with Crippen molar-refractivity contribution < 1.29 is 5.11 Å². The first-order valence-electron chi connectivity index (χ1n) is 7.97. The SMILES string of the molecule is C=C1C(O)CC2CC(C3(C)CCCCC3)CCC12. The molecule has 0 bridgehead atoms. The van der Waals surface area contributed by atoms with Gasteiger partial charge in [-0.25, -0.2) is 0 Å². The number of rotatable bonds is 1. The second-order valence-electron chi connectivity index (χ2n) is 7.42. The second kappa shape index (κ2) is 4.67. The summed E-state index contributed by atoms with van der Waals surface area (Å²) in [5.74, 6) is 2.30. The molecule has 18 heavy (non-hydrogen) atoms. The Bertz CT molecular complexity index is 327. The lowest BCUT2D eigenvalue weighted by atomic mass is 9.60. The van der Waals surface area contributed by atoms with E-state index in [0.717, 1.165) is 23.8 Å². The van der Waals surface area contributed by atoms with E-state index < -0.39 is 0 Å². The fourth-order valence-corrected chi connectivity index (χ4v) is 5.10. The Labute approximate surface area is 112 Å². The standard InChI is InChI=1S/C17H28O/c1-12-15-7-6-14(10-13(15)11-16(12)18)17(2)8-4-3-5-9-17/h13-16,18H,1,3-11H2,2H3. The zero-order chi connectivity index (χ0) is 12.8. The zero-order valence-corrected chi connectivity index (χ0v) is 11.8. The molecule has 3 fully saturated rings. The predicted molar refractivity (Wildman–Crippen MR) is 75.3 cm³/mol. The average molecular weight is 248 g/mol. The van der Waals surface area contributed by atoms with Crippen molar-refractivity contribution in [2.24, 2.45) is 23.2 Å². The Morgan fingerprint density at radius 2 is 1.83 bits per heavy atom. The molecule has 4 unspecified atom stereocenters. The lowest BCUT2D eigenvalue weighted by molar-refractivity contribution is 0.0556. The van der Waals surface area contributed by atoms with Gasteiger partial charge in [-0.05, 0) is 67.3 Å². The van der Waals surface area contributed by atoms with Crippen LogP contribution in [0.3, 0.4) is 0 Å². The molecule has 1 N–H and O–H groups in total. The van der Waals surface area contributed by atoms with Crippen LogP contribution in [0, 0.1) is 23.2 Å². The summed E-state index contributed by atoms with van der Waals surface area (Å²) >= 11 is 0. The first kappa shape index (κ1) is 12.7. The van der Waals surface area contributed by atoms with Gasteiger partial charge in [-0.1, -0.05) is 32.8 Å². The minimum atomic E-state index is -0.196. The molecule has 1 heteroatoms. The molecule has 0 spiro atoms. The maximum Gasteiger partial charge on any atom is 0.0753 e. The van der Waals surface area contributed by atoms with E-state index in [2.05, 4.69) is 13.5 Å². The van der Waals surface area contributed by atoms with Crippen molar-refractivity contribution in [1.29, 1.82) is 0 Å². The molecule has 3 saturated carbocycles. The molecule has 4 atom stereocenters. The van der Waals surface area contributed by atoms with Crippen LogP contribution in [0.1, 0.15) is 64.7 Å². The molecule has 3 rings (SSSR count). The Balaban J connectivity index is 1.69. The third-order valence-corrected chi connectivity index (χ3v) is 6.39. The topological polar surface area (TPSA) is 20.2 Å². The van der Waals surface area contributed by atoms with E-state index in [9.17, 15) is 5.11 Å². The van der Waals surface area contributed by atoms with Gasteiger partial charge in [0.1, 0.15) is 0 Å².